The van der Waals surface area contributed by atoms with E-state index in [9.17, 15) is 0 Å². The van der Waals surface area contributed by atoms with Crippen LogP contribution in [0.3, 0.4) is 0 Å². The Labute approximate surface area is 73.8 Å². The third-order valence-corrected chi connectivity index (χ3v) is 2.02. The fourth-order valence-corrected chi connectivity index (χ4v) is 1.12. The van der Waals surface area contributed by atoms with Gasteiger partial charge in [0.2, 0.25) is 0 Å². The molecule has 68 valence electrons. The predicted molar refractivity (Wildman–Crippen MR) is 49.0 cm³/mol. The third-order valence-electron chi connectivity index (χ3n) is 2.02. The minimum absolute atomic E-state index is 0.961. The van der Waals surface area contributed by atoms with Crippen molar-refractivity contribution in [3.8, 4) is 0 Å². The average Bonchev–Trinajstić information content (AvgIpc) is 2.32. The highest BCUT2D eigenvalue weighted by Crippen LogP contribution is 2.00. The van der Waals surface area contributed by atoms with Crippen molar-refractivity contribution in [3.63, 3.8) is 0 Å². The molecule has 0 atom stereocenters. The highest BCUT2D eigenvalue weighted by molar-refractivity contribution is 5.02. The second-order valence-electron chi connectivity index (χ2n) is 3.17. The lowest BCUT2D eigenvalue weighted by molar-refractivity contribution is 0.493. The van der Waals surface area contributed by atoms with Crippen molar-refractivity contribution in [1.82, 2.24) is 15.0 Å². The van der Waals surface area contributed by atoms with Crippen LogP contribution in [-0.2, 0) is 6.54 Å². The Balaban J connectivity index is 2.42. The van der Waals surface area contributed by atoms with Crippen molar-refractivity contribution in [2.45, 2.75) is 46.6 Å². The number of rotatable bonds is 4. The largest absolute Gasteiger partial charge is 0.184 e. The first kappa shape index (κ1) is 9.23. The van der Waals surface area contributed by atoms with Gasteiger partial charge in [-0.3, -0.25) is 0 Å². The Hall–Kier alpha value is -0.860. The zero-order valence-corrected chi connectivity index (χ0v) is 8.17. The van der Waals surface area contributed by atoms with E-state index in [1.807, 2.05) is 13.8 Å². The maximum Gasteiger partial charge on any atom is 0.0825 e. The molecule has 0 aliphatic rings. The highest BCUT2D eigenvalue weighted by atomic mass is 15.5. The molecule has 0 aliphatic carbocycles. The molecule has 0 bridgehead atoms. The van der Waals surface area contributed by atoms with Gasteiger partial charge in [-0.25, -0.2) is 0 Å². The Kier molecular flexibility index (Phi) is 3.26. The number of hydrogen-bond donors (Lipinski definition) is 0. The van der Waals surface area contributed by atoms with Gasteiger partial charge in [-0.2, -0.15) is 15.0 Å². The van der Waals surface area contributed by atoms with Crippen LogP contribution in [0.1, 0.15) is 37.6 Å². The van der Waals surface area contributed by atoms with E-state index in [0.29, 0.717) is 0 Å². The summed E-state index contributed by atoms with van der Waals surface area (Å²) in [5.41, 5.74) is 2.10. The molecular formula is C9H17N3. The summed E-state index contributed by atoms with van der Waals surface area (Å²) in [6.07, 6.45) is 3.70. The molecule has 3 heteroatoms. The van der Waals surface area contributed by atoms with Crippen LogP contribution in [-0.4, -0.2) is 15.0 Å². The van der Waals surface area contributed by atoms with Crippen molar-refractivity contribution in [2.75, 3.05) is 0 Å². The first-order valence-corrected chi connectivity index (χ1v) is 4.62. The van der Waals surface area contributed by atoms with Crippen LogP contribution >= 0.6 is 0 Å². The van der Waals surface area contributed by atoms with E-state index >= 15 is 0 Å². The summed E-state index contributed by atoms with van der Waals surface area (Å²) >= 11 is 0. The molecule has 1 aromatic rings. The minimum Gasteiger partial charge on any atom is -0.184 e. The summed E-state index contributed by atoms with van der Waals surface area (Å²) < 4.78 is 0. The molecule has 0 fully saturated rings. The number of nitrogens with zero attached hydrogens (tertiary/aromatic N) is 3. The molecule has 12 heavy (non-hydrogen) atoms. The van der Waals surface area contributed by atoms with E-state index in [1.165, 1.54) is 19.3 Å². The number of aryl methyl sites for hydroxylation is 3. The molecule has 3 nitrogen and oxygen atoms in total. The van der Waals surface area contributed by atoms with Gasteiger partial charge in [0.25, 0.3) is 0 Å². The van der Waals surface area contributed by atoms with Crippen LogP contribution in [0, 0.1) is 13.8 Å². The van der Waals surface area contributed by atoms with E-state index in [1.54, 1.807) is 4.80 Å². The lowest BCUT2D eigenvalue weighted by Gasteiger charge is -1.96. The molecule has 1 aromatic heterocycles. The lowest BCUT2D eigenvalue weighted by Crippen LogP contribution is -2.02. The quantitative estimate of drug-likeness (QED) is 0.643. The van der Waals surface area contributed by atoms with Crippen LogP contribution < -0.4 is 0 Å². The Morgan fingerprint density at radius 3 is 2.17 bits per heavy atom. The maximum atomic E-state index is 4.29. The molecule has 0 aliphatic heterocycles. The molecule has 0 unspecified atom stereocenters. The van der Waals surface area contributed by atoms with Gasteiger partial charge < -0.3 is 0 Å². The Morgan fingerprint density at radius 2 is 1.67 bits per heavy atom. The first-order chi connectivity index (χ1) is 5.74. The summed E-state index contributed by atoms with van der Waals surface area (Å²) in [4.78, 5) is 1.81. The Morgan fingerprint density at radius 1 is 1.08 bits per heavy atom. The van der Waals surface area contributed by atoms with Gasteiger partial charge in [0, 0.05) is 0 Å². The number of hydrogen-bond acceptors (Lipinski definition) is 2. The average molecular weight is 167 g/mol. The van der Waals surface area contributed by atoms with Gasteiger partial charge in [0.15, 0.2) is 0 Å². The van der Waals surface area contributed by atoms with Crippen molar-refractivity contribution < 1.29 is 0 Å². The minimum atomic E-state index is 0.961. The van der Waals surface area contributed by atoms with E-state index in [4.69, 9.17) is 0 Å². The summed E-state index contributed by atoms with van der Waals surface area (Å²) in [5.74, 6) is 0. The van der Waals surface area contributed by atoms with Gasteiger partial charge in [0.1, 0.15) is 0 Å². The monoisotopic (exact) mass is 167 g/mol. The summed E-state index contributed by atoms with van der Waals surface area (Å²) in [6.45, 7) is 7.16. The van der Waals surface area contributed by atoms with E-state index in [0.717, 1.165) is 17.9 Å². The van der Waals surface area contributed by atoms with Crippen molar-refractivity contribution in [1.29, 1.82) is 0 Å². The molecule has 1 heterocycles. The van der Waals surface area contributed by atoms with Gasteiger partial charge in [0.05, 0.1) is 17.9 Å². The maximum absolute atomic E-state index is 4.29. The van der Waals surface area contributed by atoms with Gasteiger partial charge in [-0.15, -0.1) is 0 Å². The van der Waals surface area contributed by atoms with Crippen LogP contribution in [0.5, 0.6) is 0 Å². The molecule has 0 spiro atoms. The highest BCUT2D eigenvalue weighted by Gasteiger charge is 1.99. The van der Waals surface area contributed by atoms with Crippen LogP contribution in [0.4, 0.5) is 0 Å². The molecule has 1 rings (SSSR count). The fourth-order valence-electron chi connectivity index (χ4n) is 1.12. The third kappa shape index (κ3) is 2.32. The molecule has 0 saturated heterocycles. The topological polar surface area (TPSA) is 30.7 Å². The zero-order chi connectivity index (χ0) is 8.97. The molecule has 0 amide bonds. The second-order valence-corrected chi connectivity index (χ2v) is 3.17. The van der Waals surface area contributed by atoms with Crippen molar-refractivity contribution in [2.24, 2.45) is 0 Å². The normalized spacial score (nSPS) is 10.6. The summed E-state index contributed by atoms with van der Waals surface area (Å²) in [7, 11) is 0. The van der Waals surface area contributed by atoms with Crippen molar-refractivity contribution >= 4 is 0 Å². The van der Waals surface area contributed by atoms with Gasteiger partial charge in [-0.1, -0.05) is 19.8 Å². The summed E-state index contributed by atoms with van der Waals surface area (Å²) in [6, 6.07) is 0. The molecule has 0 radical (unpaired) electrons. The van der Waals surface area contributed by atoms with Crippen LogP contribution in [0.2, 0.25) is 0 Å². The molecule has 0 N–H and O–H groups in total. The fraction of sp³-hybridized carbons (Fsp3) is 0.778. The van der Waals surface area contributed by atoms with Crippen molar-refractivity contribution in [3.05, 3.63) is 11.4 Å². The SMILES string of the molecule is CCCCCn1nc(C)c(C)n1. The van der Waals surface area contributed by atoms with Crippen LogP contribution in [0.15, 0.2) is 0 Å². The number of unbranched alkanes of at least 4 members (excludes halogenated alkanes) is 2. The summed E-state index contributed by atoms with van der Waals surface area (Å²) in [5, 5.41) is 8.58. The lowest BCUT2D eigenvalue weighted by atomic mass is 10.2. The smallest absolute Gasteiger partial charge is 0.0825 e. The standard InChI is InChI=1S/C9H17N3/c1-4-5-6-7-12-10-8(2)9(3)11-12/h4-7H2,1-3H3. The van der Waals surface area contributed by atoms with E-state index in [-0.39, 0.29) is 0 Å². The van der Waals surface area contributed by atoms with E-state index < -0.39 is 0 Å². The predicted octanol–water partition coefficient (Wildman–Crippen LogP) is 2.09. The van der Waals surface area contributed by atoms with Crippen LogP contribution in [0.25, 0.3) is 0 Å². The molecular weight excluding hydrogens is 150 g/mol. The molecule has 0 saturated carbocycles. The van der Waals surface area contributed by atoms with E-state index in [2.05, 4.69) is 17.1 Å². The molecule has 0 aromatic carbocycles. The van der Waals surface area contributed by atoms with Gasteiger partial charge in [-0.05, 0) is 20.3 Å². The zero-order valence-electron chi connectivity index (χ0n) is 8.17. The van der Waals surface area contributed by atoms with Gasteiger partial charge >= 0.3 is 0 Å². The number of aromatic nitrogens is 3. The first-order valence-electron chi connectivity index (χ1n) is 4.62. The Bertz CT molecular complexity index is 220. The second kappa shape index (κ2) is 4.24.